The number of benzene rings is 2. The normalized spacial score (nSPS) is 18.7. The molecule has 0 amide bonds. The van der Waals surface area contributed by atoms with E-state index in [1.807, 2.05) is 0 Å². The van der Waals surface area contributed by atoms with Crippen LogP contribution in [0.1, 0.15) is 123 Å². The second kappa shape index (κ2) is 8.03. The van der Waals surface area contributed by atoms with Crippen LogP contribution in [0.4, 0.5) is 0 Å². The largest absolute Gasteiger partial charge is 0.0561 e. The molecule has 0 saturated carbocycles. The highest BCUT2D eigenvalue weighted by Crippen LogP contribution is 2.41. The van der Waals surface area contributed by atoms with Crippen LogP contribution >= 0.6 is 0 Å². The Morgan fingerprint density at radius 1 is 0.438 bits per heavy atom. The molecule has 0 radical (unpaired) electrons. The molecule has 4 aliphatic rings. The van der Waals surface area contributed by atoms with Gasteiger partial charge in [0.15, 0.2) is 0 Å². The molecule has 0 heteroatoms. The van der Waals surface area contributed by atoms with Crippen molar-refractivity contribution in [2.45, 2.75) is 129 Å². The summed E-state index contributed by atoms with van der Waals surface area (Å²) in [5.41, 5.74) is 17.7. The molecule has 0 nitrogen and oxygen atoms in total. The number of rotatable bonds is 0. The third-order valence-corrected chi connectivity index (χ3v) is 8.52. The van der Waals surface area contributed by atoms with Gasteiger partial charge in [0.05, 0.1) is 0 Å². The van der Waals surface area contributed by atoms with E-state index in [0.717, 1.165) is 0 Å². The van der Waals surface area contributed by atoms with E-state index in [2.05, 4.69) is 53.7 Å². The Bertz CT molecular complexity index is 1000. The fourth-order valence-corrected chi connectivity index (χ4v) is 7.30. The predicted molar refractivity (Wildman–Crippen MR) is 138 cm³/mol. The minimum Gasteiger partial charge on any atom is -0.0561 e. The van der Waals surface area contributed by atoms with Crippen molar-refractivity contribution in [1.82, 2.24) is 0 Å². The first-order valence-corrected chi connectivity index (χ1v) is 13.5. The SMILES string of the molecule is CC(C)(C)c1c2c(cc3c1CCC3)CCC2.CC(C)(C)c1cc2c(c3c1CCC3)CCC2. The molecule has 172 valence electrons. The summed E-state index contributed by atoms with van der Waals surface area (Å²) in [6, 6.07) is 5.06. The van der Waals surface area contributed by atoms with Crippen LogP contribution in [0.3, 0.4) is 0 Å². The molecular weight excluding hydrogens is 384 g/mol. The summed E-state index contributed by atoms with van der Waals surface area (Å²) in [4.78, 5) is 0. The van der Waals surface area contributed by atoms with E-state index in [-0.39, 0.29) is 0 Å². The number of fused-ring (bicyclic) bond motifs is 5. The molecule has 0 N–H and O–H groups in total. The van der Waals surface area contributed by atoms with Crippen molar-refractivity contribution in [3.05, 3.63) is 67.8 Å². The van der Waals surface area contributed by atoms with Crippen molar-refractivity contribution >= 4 is 0 Å². The lowest BCUT2D eigenvalue weighted by Crippen LogP contribution is -2.17. The molecule has 0 aromatic heterocycles. The van der Waals surface area contributed by atoms with Gasteiger partial charge in [0, 0.05) is 0 Å². The molecule has 32 heavy (non-hydrogen) atoms. The zero-order chi connectivity index (χ0) is 22.7. The first-order chi connectivity index (χ1) is 15.1. The van der Waals surface area contributed by atoms with E-state index in [1.54, 1.807) is 55.6 Å². The van der Waals surface area contributed by atoms with Crippen LogP contribution in [0.2, 0.25) is 0 Å². The van der Waals surface area contributed by atoms with Crippen LogP contribution < -0.4 is 0 Å². The second-order valence-corrected chi connectivity index (χ2v) is 13.0. The Morgan fingerprint density at radius 3 is 1.41 bits per heavy atom. The van der Waals surface area contributed by atoms with E-state index < -0.39 is 0 Å². The summed E-state index contributed by atoms with van der Waals surface area (Å²) in [5, 5.41) is 0. The van der Waals surface area contributed by atoms with Crippen LogP contribution in [-0.2, 0) is 62.2 Å². The molecule has 2 aromatic rings. The smallest absolute Gasteiger partial charge is 0.0126 e. The Kier molecular flexibility index (Phi) is 5.58. The number of hydrogen-bond donors (Lipinski definition) is 0. The molecule has 0 spiro atoms. The van der Waals surface area contributed by atoms with Crippen molar-refractivity contribution in [1.29, 1.82) is 0 Å². The van der Waals surface area contributed by atoms with Gasteiger partial charge in [-0.05, 0) is 144 Å². The van der Waals surface area contributed by atoms with Gasteiger partial charge in [0.25, 0.3) is 0 Å². The summed E-state index contributed by atoms with van der Waals surface area (Å²) < 4.78 is 0. The zero-order valence-electron chi connectivity index (χ0n) is 21.6. The van der Waals surface area contributed by atoms with Crippen LogP contribution in [0, 0.1) is 0 Å². The molecule has 0 atom stereocenters. The summed E-state index contributed by atoms with van der Waals surface area (Å²) >= 11 is 0. The van der Waals surface area contributed by atoms with Crippen molar-refractivity contribution in [2.24, 2.45) is 0 Å². The summed E-state index contributed by atoms with van der Waals surface area (Å²) in [6.45, 7) is 14.3. The van der Waals surface area contributed by atoms with E-state index in [1.165, 1.54) is 77.0 Å². The Hall–Kier alpha value is -1.56. The molecule has 0 aliphatic heterocycles. The Labute approximate surface area is 197 Å². The maximum absolute atomic E-state index is 2.53. The molecule has 4 aliphatic carbocycles. The molecule has 0 fully saturated rings. The summed E-state index contributed by atoms with van der Waals surface area (Å²) in [6.07, 6.45) is 16.2. The van der Waals surface area contributed by atoms with Gasteiger partial charge in [-0.2, -0.15) is 0 Å². The third kappa shape index (κ3) is 3.86. The number of hydrogen-bond acceptors (Lipinski definition) is 0. The minimum absolute atomic E-state index is 0.325. The molecule has 0 unspecified atom stereocenters. The first-order valence-electron chi connectivity index (χ1n) is 13.5. The number of aryl methyl sites for hydroxylation is 3. The average molecular weight is 429 g/mol. The highest BCUT2D eigenvalue weighted by atomic mass is 14.3. The zero-order valence-corrected chi connectivity index (χ0v) is 21.6. The fraction of sp³-hybridized carbons (Fsp3) is 0.625. The van der Waals surface area contributed by atoms with Gasteiger partial charge in [-0.3, -0.25) is 0 Å². The van der Waals surface area contributed by atoms with Gasteiger partial charge in [0.1, 0.15) is 0 Å². The van der Waals surface area contributed by atoms with Crippen molar-refractivity contribution < 1.29 is 0 Å². The van der Waals surface area contributed by atoms with Crippen LogP contribution in [0.25, 0.3) is 0 Å². The molecule has 0 heterocycles. The third-order valence-electron chi connectivity index (χ3n) is 8.52. The van der Waals surface area contributed by atoms with Crippen LogP contribution in [0.5, 0.6) is 0 Å². The van der Waals surface area contributed by atoms with Gasteiger partial charge in [-0.1, -0.05) is 53.7 Å². The standard InChI is InChI=1S/2C16H22/c1-16(2,3)15-13-8-4-6-11(13)10-12-7-5-9-14(12)15;1-16(2,3)15-10-11-6-4-7-12(11)13-8-5-9-14(13)15/h2*10H,4-9H2,1-3H3. The lowest BCUT2D eigenvalue weighted by molar-refractivity contribution is 0.576. The second-order valence-electron chi connectivity index (χ2n) is 13.0. The average Bonchev–Trinajstić information content (AvgIpc) is 3.49. The molecule has 2 aromatic carbocycles. The predicted octanol–water partition coefficient (Wildman–Crippen LogP) is 7.92. The topological polar surface area (TPSA) is 0 Å². The Morgan fingerprint density at radius 2 is 0.875 bits per heavy atom. The van der Waals surface area contributed by atoms with E-state index in [4.69, 9.17) is 0 Å². The van der Waals surface area contributed by atoms with Gasteiger partial charge >= 0.3 is 0 Å². The van der Waals surface area contributed by atoms with Crippen molar-refractivity contribution in [2.75, 3.05) is 0 Å². The maximum atomic E-state index is 2.53. The van der Waals surface area contributed by atoms with Crippen molar-refractivity contribution in [3.63, 3.8) is 0 Å². The maximum Gasteiger partial charge on any atom is -0.0126 e. The van der Waals surface area contributed by atoms with E-state index in [9.17, 15) is 0 Å². The molecule has 0 bridgehead atoms. The molecule has 6 rings (SSSR count). The summed E-state index contributed by atoms with van der Waals surface area (Å²) in [5.74, 6) is 0. The van der Waals surface area contributed by atoms with Gasteiger partial charge in [-0.15, -0.1) is 0 Å². The Balaban J connectivity index is 0.000000135. The summed E-state index contributed by atoms with van der Waals surface area (Å²) in [7, 11) is 0. The van der Waals surface area contributed by atoms with E-state index in [0.29, 0.717) is 10.8 Å². The minimum atomic E-state index is 0.325. The quantitative estimate of drug-likeness (QED) is 0.400. The highest BCUT2D eigenvalue weighted by molar-refractivity contribution is 5.53. The lowest BCUT2D eigenvalue weighted by Gasteiger charge is -2.27. The monoisotopic (exact) mass is 428 g/mol. The molecular formula is C32H44. The first kappa shape index (κ1) is 22.2. The van der Waals surface area contributed by atoms with Crippen LogP contribution in [-0.4, -0.2) is 0 Å². The fourth-order valence-electron chi connectivity index (χ4n) is 7.30. The molecule has 0 saturated heterocycles. The van der Waals surface area contributed by atoms with Gasteiger partial charge in [-0.25, -0.2) is 0 Å². The van der Waals surface area contributed by atoms with Gasteiger partial charge in [0.2, 0.25) is 0 Å². The lowest BCUT2D eigenvalue weighted by atomic mass is 9.78. The highest BCUT2D eigenvalue weighted by Gasteiger charge is 2.30. The van der Waals surface area contributed by atoms with E-state index >= 15 is 0 Å². The van der Waals surface area contributed by atoms with Crippen molar-refractivity contribution in [3.8, 4) is 0 Å². The van der Waals surface area contributed by atoms with Gasteiger partial charge < -0.3 is 0 Å². The van der Waals surface area contributed by atoms with Crippen LogP contribution in [0.15, 0.2) is 12.1 Å².